The van der Waals surface area contributed by atoms with E-state index >= 15 is 0 Å². The van der Waals surface area contributed by atoms with Crippen LogP contribution >= 0.6 is 0 Å². The van der Waals surface area contributed by atoms with Crippen molar-refractivity contribution in [3.8, 4) is 17.2 Å². The maximum absolute atomic E-state index is 15.0. The molecule has 2 aromatic carbocycles. The third kappa shape index (κ3) is 4.50. The van der Waals surface area contributed by atoms with Crippen molar-refractivity contribution in [2.24, 2.45) is 0 Å². The highest BCUT2D eigenvalue weighted by Crippen LogP contribution is 2.49. The van der Waals surface area contributed by atoms with Crippen molar-refractivity contribution in [1.29, 1.82) is 0 Å². The Hall–Kier alpha value is -4.33. The molecule has 186 valence electrons. The molecule has 1 saturated carbocycles. The minimum Gasteiger partial charge on any atom is -0.478 e. The van der Waals surface area contributed by atoms with Gasteiger partial charge < -0.3 is 14.8 Å². The Labute approximate surface area is 211 Å². The quantitative estimate of drug-likeness (QED) is 0.445. The van der Waals surface area contributed by atoms with Crippen molar-refractivity contribution < 1.29 is 27.8 Å². The lowest BCUT2D eigenvalue weighted by molar-refractivity contribution is -0.118. The van der Waals surface area contributed by atoms with E-state index in [1.807, 2.05) is 0 Å². The van der Waals surface area contributed by atoms with Gasteiger partial charge in [-0.15, -0.1) is 0 Å². The van der Waals surface area contributed by atoms with Crippen molar-refractivity contribution in [3.63, 3.8) is 0 Å². The maximum atomic E-state index is 15.0. The lowest BCUT2D eigenvalue weighted by Gasteiger charge is -2.27. The van der Waals surface area contributed by atoms with Gasteiger partial charge in [0.15, 0.2) is 34.7 Å². The van der Waals surface area contributed by atoms with Crippen LogP contribution in [0.3, 0.4) is 0 Å². The summed E-state index contributed by atoms with van der Waals surface area (Å²) in [5.41, 5.74) is 1.11. The zero-order chi connectivity index (χ0) is 25.6. The number of halogens is 2. The number of hydrogen-bond acceptors (Lipinski definition) is 6. The lowest BCUT2D eigenvalue weighted by Crippen LogP contribution is -2.33. The van der Waals surface area contributed by atoms with E-state index in [9.17, 15) is 18.4 Å². The summed E-state index contributed by atoms with van der Waals surface area (Å²) < 4.78 is 40.2. The highest BCUT2D eigenvalue weighted by molar-refractivity contribution is 6.39. The van der Waals surface area contributed by atoms with Gasteiger partial charge >= 0.3 is 0 Å². The first-order valence-electron chi connectivity index (χ1n) is 12.0. The van der Waals surface area contributed by atoms with E-state index in [2.05, 4.69) is 10.3 Å². The van der Waals surface area contributed by atoms with Crippen LogP contribution in [0.2, 0.25) is 0 Å². The Kier molecular flexibility index (Phi) is 5.59. The molecule has 6 nitrogen and oxygen atoms in total. The van der Waals surface area contributed by atoms with Crippen LogP contribution in [0.1, 0.15) is 30.4 Å². The molecule has 37 heavy (non-hydrogen) atoms. The van der Waals surface area contributed by atoms with Gasteiger partial charge in [0.2, 0.25) is 5.75 Å². The normalized spacial score (nSPS) is 17.2. The number of anilines is 1. The predicted molar refractivity (Wildman–Crippen MR) is 133 cm³/mol. The summed E-state index contributed by atoms with van der Waals surface area (Å²) in [5, 5.41) is 3.24. The van der Waals surface area contributed by atoms with Gasteiger partial charge in [-0.3, -0.25) is 9.59 Å². The highest BCUT2D eigenvalue weighted by atomic mass is 19.1. The Bertz CT molecular complexity index is 1490. The van der Waals surface area contributed by atoms with E-state index in [1.165, 1.54) is 36.4 Å². The lowest BCUT2D eigenvalue weighted by atomic mass is 9.88. The van der Waals surface area contributed by atoms with Crippen molar-refractivity contribution in [2.75, 3.05) is 11.9 Å². The largest absolute Gasteiger partial charge is 0.478 e. The first-order valence-corrected chi connectivity index (χ1v) is 12.0. The Balaban J connectivity index is 1.16. The van der Waals surface area contributed by atoms with Crippen molar-refractivity contribution in [3.05, 3.63) is 95.2 Å². The molecule has 0 unspecified atom stereocenters. The first kappa shape index (κ1) is 23.1. The molecule has 6 rings (SSSR count). The topological polar surface area (TPSA) is 77.5 Å². The molecule has 1 spiro atoms. The molecule has 1 fully saturated rings. The fraction of sp³-hybridized carbons (Fsp3) is 0.207. The maximum Gasteiger partial charge on any atom is 0.205 e. The summed E-state index contributed by atoms with van der Waals surface area (Å²) in [6.45, 7) is 0.674. The van der Waals surface area contributed by atoms with Crippen LogP contribution in [0.5, 0.6) is 17.2 Å². The molecule has 0 saturated heterocycles. The predicted octanol–water partition coefficient (Wildman–Crippen LogP) is 5.58. The van der Waals surface area contributed by atoms with E-state index in [-0.39, 0.29) is 23.3 Å². The molecule has 3 aromatic rings. The van der Waals surface area contributed by atoms with Gasteiger partial charge in [-0.25, -0.2) is 13.8 Å². The van der Waals surface area contributed by atoms with Crippen LogP contribution in [0.25, 0.3) is 5.57 Å². The number of benzene rings is 2. The number of ketones is 2. The third-order valence-electron chi connectivity index (χ3n) is 6.74. The van der Waals surface area contributed by atoms with Crippen LogP contribution in [0.15, 0.2) is 72.5 Å². The van der Waals surface area contributed by atoms with Crippen molar-refractivity contribution in [2.45, 2.75) is 31.3 Å². The molecule has 1 aliphatic heterocycles. The fourth-order valence-electron chi connectivity index (χ4n) is 4.53. The van der Waals surface area contributed by atoms with Crippen molar-refractivity contribution in [1.82, 2.24) is 4.98 Å². The first-order chi connectivity index (χ1) is 17.9. The summed E-state index contributed by atoms with van der Waals surface area (Å²) >= 11 is 0. The van der Waals surface area contributed by atoms with Crippen LogP contribution < -0.4 is 14.8 Å². The molecule has 8 heteroatoms. The van der Waals surface area contributed by atoms with Gasteiger partial charge in [-0.05, 0) is 54.7 Å². The average Bonchev–Trinajstić information content (AvgIpc) is 3.65. The number of aromatic nitrogens is 1. The van der Waals surface area contributed by atoms with Gasteiger partial charge in [0.05, 0.1) is 12.1 Å². The number of ether oxygens (including phenoxy) is 2. The average molecular weight is 501 g/mol. The number of carbonyl (C=O) groups is 2. The molecule has 0 atom stereocenters. The zero-order valence-electron chi connectivity index (χ0n) is 19.7. The van der Waals surface area contributed by atoms with Crippen LogP contribution in [0, 0.1) is 11.6 Å². The van der Waals surface area contributed by atoms with E-state index in [1.54, 1.807) is 30.5 Å². The second-order valence-electron chi connectivity index (χ2n) is 9.40. The van der Waals surface area contributed by atoms with Gasteiger partial charge in [0.25, 0.3) is 0 Å². The monoisotopic (exact) mass is 500 g/mol. The summed E-state index contributed by atoms with van der Waals surface area (Å²) in [6, 6.07) is 11.4. The van der Waals surface area contributed by atoms with E-state index in [4.69, 9.17) is 9.47 Å². The Morgan fingerprint density at radius 2 is 1.86 bits per heavy atom. The molecule has 0 radical (unpaired) electrons. The third-order valence-corrected chi connectivity index (χ3v) is 6.74. The van der Waals surface area contributed by atoms with Crippen molar-refractivity contribution >= 4 is 23.0 Å². The van der Waals surface area contributed by atoms with Gasteiger partial charge in [0, 0.05) is 24.3 Å². The Morgan fingerprint density at radius 3 is 2.62 bits per heavy atom. The SMILES string of the molecule is O=C(Cc1ccc(Oc2ccnc3c2OC2(CC2)CN3)c(F)c1)C1=CCC=C(c2ccc(F)cc2)C1=O. The molecule has 1 aromatic heterocycles. The molecular formula is C29H22F2N2O4. The van der Waals surface area contributed by atoms with Crippen LogP contribution in [-0.2, 0) is 16.0 Å². The second-order valence-corrected chi connectivity index (χ2v) is 9.40. The molecular weight excluding hydrogens is 478 g/mol. The summed E-state index contributed by atoms with van der Waals surface area (Å²) in [4.78, 5) is 30.2. The summed E-state index contributed by atoms with van der Waals surface area (Å²) in [7, 11) is 0. The van der Waals surface area contributed by atoms with Crippen LogP contribution in [-0.4, -0.2) is 28.7 Å². The molecule has 1 N–H and O–H groups in total. The Morgan fingerprint density at radius 1 is 1.05 bits per heavy atom. The standard InChI is InChI=1S/C29H22F2N2O4/c30-19-7-5-18(6-8-19)20-2-1-3-21(26(20)35)23(34)15-17-4-9-24(22(31)14-17)36-25-10-13-32-28-27(25)37-29(11-12-29)16-33-28/h2-10,13-14H,1,11-12,15-16H2,(H,32,33). The number of nitrogens with zero attached hydrogens (tertiary/aromatic N) is 1. The summed E-state index contributed by atoms with van der Waals surface area (Å²) in [6.07, 6.45) is 6.96. The number of rotatable bonds is 6. The minimum absolute atomic E-state index is 0.0156. The van der Waals surface area contributed by atoms with Gasteiger partial charge in [-0.2, -0.15) is 0 Å². The number of Topliss-reactive ketones (excluding diaryl/α,β-unsaturated/α-hetero) is 2. The molecule has 2 heterocycles. The van der Waals surface area contributed by atoms with Gasteiger partial charge in [-0.1, -0.05) is 30.4 Å². The van der Waals surface area contributed by atoms with E-state index in [0.29, 0.717) is 47.0 Å². The molecule has 2 aliphatic carbocycles. The minimum atomic E-state index is -0.642. The second kappa shape index (κ2) is 8.96. The van der Waals surface area contributed by atoms with E-state index in [0.717, 1.165) is 12.8 Å². The zero-order valence-corrected chi connectivity index (χ0v) is 19.7. The fourth-order valence-corrected chi connectivity index (χ4v) is 4.53. The van der Waals surface area contributed by atoms with Gasteiger partial charge in [0.1, 0.15) is 11.4 Å². The number of pyridine rings is 1. The molecule has 0 amide bonds. The number of allylic oxidation sites excluding steroid dienone is 4. The number of nitrogens with one attached hydrogen (secondary N) is 1. The molecule has 0 bridgehead atoms. The number of hydrogen-bond donors (Lipinski definition) is 1. The highest BCUT2D eigenvalue weighted by Gasteiger charge is 2.49. The molecule has 3 aliphatic rings. The van der Waals surface area contributed by atoms with E-state index < -0.39 is 23.2 Å². The number of carbonyl (C=O) groups excluding carboxylic acids is 2. The van der Waals surface area contributed by atoms with Crippen LogP contribution in [0.4, 0.5) is 14.6 Å². The number of fused-ring (bicyclic) bond motifs is 1. The summed E-state index contributed by atoms with van der Waals surface area (Å²) in [5.74, 6) is -0.543. The smallest absolute Gasteiger partial charge is 0.205 e.